The van der Waals surface area contributed by atoms with Crippen molar-refractivity contribution in [2.24, 2.45) is 0 Å². The molecule has 0 heterocycles. The number of unbranched alkanes of at least 4 members (excludes halogenated alkanes) is 1. The molecule has 0 bridgehead atoms. The molecule has 0 radical (unpaired) electrons. The van der Waals surface area contributed by atoms with Crippen molar-refractivity contribution < 1.29 is 0 Å². The van der Waals surface area contributed by atoms with E-state index in [1.54, 1.807) is 0 Å². The van der Waals surface area contributed by atoms with Gasteiger partial charge in [0.05, 0.1) is 11.6 Å². The van der Waals surface area contributed by atoms with E-state index >= 15 is 0 Å². The Morgan fingerprint density at radius 3 is 2.76 bits per heavy atom. The fraction of sp³-hybridized carbons (Fsp3) is 0.533. The normalized spacial score (nSPS) is 12.1. The highest BCUT2D eigenvalue weighted by Crippen LogP contribution is 2.11. The first kappa shape index (κ1) is 13.7. The minimum atomic E-state index is 0.560. The second-order valence-corrected chi connectivity index (χ2v) is 4.68. The molecule has 0 saturated carbocycles. The van der Waals surface area contributed by atoms with Gasteiger partial charge < -0.3 is 5.32 Å². The third-order valence-electron chi connectivity index (χ3n) is 3.10. The molecule has 0 spiro atoms. The number of nitrogens with zero attached hydrogens (tertiary/aromatic N) is 1. The van der Waals surface area contributed by atoms with E-state index in [1.165, 1.54) is 30.4 Å². The van der Waals surface area contributed by atoms with Crippen molar-refractivity contribution in [3.05, 3.63) is 34.9 Å². The predicted molar refractivity (Wildman–Crippen MR) is 71.7 cm³/mol. The molecular formula is C15H22N2. The first-order chi connectivity index (χ1) is 8.17. The Morgan fingerprint density at radius 1 is 1.41 bits per heavy atom. The molecular weight excluding hydrogens is 208 g/mol. The Balaban J connectivity index is 2.49. The van der Waals surface area contributed by atoms with Gasteiger partial charge in [0.25, 0.3) is 0 Å². The zero-order chi connectivity index (χ0) is 12.7. The lowest BCUT2D eigenvalue weighted by Gasteiger charge is -2.14. The van der Waals surface area contributed by atoms with Gasteiger partial charge in [0.15, 0.2) is 0 Å². The van der Waals surface area contributed by atoms with E-state index in [1.807, 2.05) is 18.2 Å². The molecule has 17 heavy (non-hydrogen) atoms. The predicted octanol–water partition coefficient (Wildman–Crippen LogP) is 3.54. The van der Waals surface area contributed by atoms with Crippen LogP contribution in [0.15, 0.2) is 18.2 Å². The molecule has 0 aliphatic heterocycles. The van der Waals surface area contributed by atoms with E-state index in [0.29, 0.717) is 6.04 Å². The lowest BCUT2D eigenvalue weighted by molar-refractivity contribution is 0.494. The van der Waals surface area contributed by atoms with Crippen molar-refractivity contribution in [3.63, 3.8) is 0 Å². The largest absolute Gasteiger partial charge is 0.310 e. The third-order valence-corrected chi connectivity index (χ3v) is 3.10. The van der Waals surface area contributed by atoms with Crippen molar-refractivity contribution in [1.29, 1.82) is 5.26 Å². The van der Waals surface area contributed by atoms with Gasteiger partial charge in [-0.3, -0.25) is 0 Å². The molecule has 0 aliphatic rings. The van der Waals surface area contributed by atoms with Crippen LogP contribution in [0.5, 0.6) is 0 Å². The fourth-order valence-corrected chi connectivity index (χ4v) is 1.86. The van der Waals surface area contributed by atoms with Crippen molar-refractivity contribution in [2.45, 2.75) is 52.6 Å². The smallest absolute Gasteiger partial charge is 0.0991 e. The van der Waals surface area contributed by atoms with E-state index < -0.39 is 0 Å². The quantitative estimate of drug-likeness (QED) is 0.811. The molecule has 0 fully saturated rings. The summed E-state index contributed by atoms with van der Waals surface area (Å²) in [6.45, 7) is 7.41. The van der Waals surface area contributed by atoms with Gasteiger partial charge in [0.2, 0.25) is 0 Å². The van der Waals surface area contributed by atoms with E-state index in [-0.39, 0.29) is 0 Å². The van der Waals surface area contributed by atoms with Crippen LogP contribution in [0.3, 0.4) is 0 Å². The Labute approximate surface area is 105 Å². The van der Waals surface area contributed by atoms with Gasteiger partial charge in [-0.15, -0.1) is 0 Å². The minimum Gasteiger partial charge on any atom is -0.310 e. The van der Waals surface area contributed by atoms with Crippen LogP contribution in [0.25, 0.3) is 0 Å². The van der Waals surface area contributed by atoms with Crippen LogP contribution in [0.4, 0.5) is 0 Å². The summed E-state index contributed by atoms with van der Waals surface area (Å²) in [4.78, 5) is 0. The highest BCUT2D eigenvalue weighted by molar-refractivity contribution is 5.37. The summed E-state index contributed by atoms with van der Waals surface area (Å²) in [6, 6.07) is 8.62. The summed E-state index contributed by atoms with van der Waals surface area (Å²) in [5, 5.41) is 12.3. The number of rotatable bonds is 6. The maximum Gasteiger partial charge on any atom is 0.0991 e. The monoisotopic (exact) mass is 230 g/mol. The third kappa shape index (κ3) is 4.58. The van der Waals surface area contributed by atoms with Gasteiger partial charge >= 0.3 is 0 Å². The number of hydrogen-bond acceptors (Lipinski definition) is 2. The molecule has 0 aliphatic carbocycles. The van der Waals surface area contributed by atoms with Gasteiger partial charge in [-0.2, -0.15) is 5.26 Å². The van der Waals surface area contributed by atoms with Crippen LogP contribution in [0.1, 0.15) is 49.8 Å². The minimum absolute atomic E-state index is 0.560. The van der Waals surface area contributed by atoms with Crippen molar-refractivity contribution in [3.8, 4) is 6.07 Å². The molecule has 0 aromatic heterocycles. The van der Waals surface area contributed by atoms with Crippen LogP contribution in [-0.2, 0) is 6.54 Å². The van der Waals surface area contributed by atoms with Gasteiger partial charge in [-0.1, -0.05) is 25.8 Å². The number of benzene rings is 1. The molecule has 1 aromatic carbocycles. The van der Waals surface area contributed by atoms with Crippen LogP contribution in [-0.4, -0.2) is 6.04 Å². The summed E-state index contributed by atoms with van der Waals surface area (Å²) in [7, 11) is 0. The molecule has 0 amide bonds. The number of aryl methyl sites for hydroxylation is 1. The highest BCUT2D eigenvalue weighted by Gasteiger charge is 2.03. The van der Waals surface area contributed by atoms with Gasteiger partial charge in [-0.05, 0) is 43.5 Å². The number of hydrogen-bond donors (Lipinski definition) is 1. The highest BCUT2D eigenvalue weighted by atomic mass is 14.9. The van der Waals surface area contributed by atoms with E-state index in [9.17, 15) is 0 Å². The molecule has 1 unspecified atom stereocenters. The molecule has 92 valence electrons. The first-order valence-electron chi connectivity index (χ1n) is 6.40. The van der Waals surface area contributed by atoms with Gasteiger partial charge in [-0.25, -0.2) is 0 Å². The van der Waals surface area contributed by atoms with Crippen molar-refractivity contribution in [1.82, 2.24) is 5.32 Å². The van der Waals surface area contributed by atoms with Gasteiger partial charge in [0, 0.05) is 12.6 Å². The first-order valence-corrected chi connectivity index (χ1v) is 6.40. The van der Waals surface area contributed by atoms with E-state index in [4.69, 9.17) is 5.26 Å². The second kappa shape index (κ2) is 7.09. The van der Waals surface area contributed by atoms with Crippen LogP contribution in [0, 0.1) is 18.3 Å². The lowest BCUT2D eigenvalue weighted by atomic mass is 10.0. The van der Waals surface area contributed by atoms with Crippen LogP contribution in [0.2, 0.25) is 0 Å². The Morgan fingerprint density at radius 2 is 2.18 bits per heavy atom. The zero-order valence-electron chi connectivity index (χ0n) is 11.1. The van der Waals surface area contributed by atoms with E-state index in [0.717, 1.165) is 12.1 Å². The summed E-state index contributed by atoms with van der Waals surface area (Å²) in [6.07, 6.45) is 3.76. The Kier molecular flexibility index (Phi) is 5.72. The zero-order valence-corrected chi connectivity index (χ0v) is 11.1. The molecule has 1 atom stereocenters. The average Bonchev–Trinajstić information content (AvgIpc) is 2.34. The summed E-state index contributed by atoms with van der Waals surface area (Å²) < 4.78 is 0. The Bertz CT molecular complexity index is 390. The van der Waals surface area contributed by atoms with Crippen LogP contribution < -0.4 is 5.32 Å². The topological polar surface area (TPSA) is 35.8 Å². The number of nitriles is 1. The summed E-state index contributed by atoms with van der Waals surface area (Å²) in [5.74, 6) is 0. The molecule has 1 rings (SSSR count). The molecule has 2 heteroatoms. The standard InChI is InChI=1S/C15H22N2/c1-4-5-6-13(3)17-11-15-8-7-14(10-16)9-12(15)2/h7-9,13,17H,4-6,11H2,1-3H3. The SMILES string of the molecule is CCCCC(C)NCc1ccc(C#N)cc1C. The summed E-state index contributed by atoms with van der Waals surface area (Å²) >= 11 is 0. The second-order valence-electron chi connectivity index (χ2n) is 4.68. The maximum absolute atomic E-state index is 8.80. The lowest BCUT2D eigenvalue weighted by Crippen LogP contribution is -2.25. The average molecular weight is 230 g/mol. The fourth-order valence-electron chi connectivity index (χ4n) is 1.86. The molecule has 1 N–H and O–H groups in total. The molecule has 0 saturated heterocycles. The molecule has 2 nitrogen and oxygen atoms in total. The maximum atomic E-state index is 8.80. The number of nitrogens with one attached hydrogen (secondary N) is 1. The van der Waals surface area contributed by atoms with Crippen molar-refractivity contribution >= 4 is 0 Å². The van der Waals surface area contributed by atoms with Crippen molar-refractivity contribution in [2.75, 3.05) is 0 Å². The summed E-state index contributed by atoms with van der Waals surface area (Å²) in [5.41, 5.74) is 3.22. The van der Waals surface area contributed by atoms with E-state index in [2.05, 4.69) is 32.2 Å². The molecule has 1 aromatic rings. The Hall–Kier alpha value is -1.33. The van der Waals surface area contributed by atoms with Gasteiger partial charge in [0.1, 0.15) is 0 Å². The van der Waals surface area contributed by atoms with Crippen LogP contribution >= 0.6 is 0 Å².